The van der Waals surface area contributed by atoms with Crippen LogP contribution in [0.2, 0.25) is 0 Å². The smallest absolute Gasteiger partial charge is 0.138 e. The van der Waals surface area contributed by atoms with Crippen molar-refractivity contribution >= 4 is 23.4 Å². The van der Waals surface area contributed by atoms with Gasteiger partial charge in [-0.15, -0.1) is 0 Å². The lowest BCUT2D eigenvalue weighted by Gasteiger charge is -2.40. The van der Waals surface area contributed by atoms with Gasteiger partial charge in [-0.1, -0.05) is 27.2 Å². The van der Waals surface area contributed by atoms with Gasteiger partial charge in [-0.25, -0.2) is 9.97 Å². The van der Waals surface area contributed by atoms with Crippen LogP contribution in [0.3, 0.4) is 0 Å². The van der Waals surface area contributed by atoms with Crippen LogP contribution in [0, 0.1) is 6.92 Å². The Kier molecular flexibility index (Phi) is 4.71. The van der Waals surface area contributed by atoms with Crippen molar-refractivity contribution in [3.05, 3.63) is 11.4 Å². The second-order valence-corrected chi connectivity index (χ2v) is 8.24. The standard InChI is InChI=1S/C16H28N4S/c1-11-12(17-5)19-14(15(2,3)4)20-13(11)18-10-16(21-6)8-7-9-16/h7-10H2,1-6H3,(H2,17,18,19,20). The predicted octanol–water partition coefficient (Wildman–Crippen LogP) is 3.82. The van der Waals surface area contributed by atoms with Crippen LogP contribution in [0.15, 0.2) is 0 Å². The van der Waals surface area contributed by atoms with Gasteiger partial charge in [0.05, 0.1) is 0 Å². The molecule has 0 amide bonds. The number of nitrogens with zero attached hydrogens (tertiary/aromatic N) is 2. The second kappa shape index (κ2) is 6.03. The maximum Gasteiger partial charge on any atom is 0.138 e. The number of nitrogens with one attached hydrogen (secondary N) is 2. The Hall–Kier alpha value is -0.970. The van der Waals surface area contributed by atoms with E-state index in [2.05, 4.69) is 49.6 Å². The number of anilines is 2. The molecule has 0 atom stereocenters. The van der Waals surface area contributed by atoms with Crippen LogP contribution >= 0.6 is 11.8 Å². The Morgan fingerprint density at radius 3 is 2.24 bits per heavy atom. The Balaban J connectivity index is 2.25. The molecule has 0 unspecified atom stereocenters. The maximum absolute atomic E-state index is 4.78. The minimum absolute atomic E-state index is 0.0522. The SMILES string of the molecule is CNc1nc(C(C)(C)C)nc(NCC2(SC)CCC2)c1C. The molecule has 0 aromatic carbocycles. The van der Waals surface area contributed by atoms with Crippen LogP contribution in [0.5, 0.6) is 0 Å². The van der Waals surface area contributed by atoms with Gasteiger partial charge in [0.15, 0.2) is 0 Å². The highest BCUT2D eigenvalue weighted by Gasteiger charge is 2.36. The lowest BCUT2D eigenvalue weighted by molar-refractivity contribution is 0.379. The van der Waals surface area contributed by atoms with E-state index < -0.39 is 0 Å². The second-order valence-electron chi connectivity index (χ2n) is 6.96. The Morgan fingerprint density at radius 1 is 1.19 bits per heavy atom. The third kappa shape index (κ3) is 3.44. The first-order valence-corrected chi connectivity index (χ1v) is 8.90. The first-order chi connectivity index (χ1) is 9.81. The molecule has 21 heavy (non-hydrogen) atoms. The van der Waals surface area contributed by atoms with E-state index in [4.69, 9.17) is 4.98 Å². The van der Waals surface area contributed by atoms with Crippen molar-refractivity contribution in [2.75, 3.05) is 30.5 Å². The van der Waals surface area contributed by atoms with Gasteiger partial charge in [-0.05, 0) is 26.0 Å². The summed E-state index contributed by atoms with van der Waals surface area (Å²) in [6.07, 6.45) is 6.17. The fourth-order valence-corrected chi connectivity index (χ4v) is 3.45. The van der Waals surface area contributed by atoms with Crippen molar-refractivity contribution in [1.82, 2.24) is 9.97 Å². The van der Waals surface area contributed by atoms with Crippen LogP contribution in [-0.4, -0.2) is 34.6 Å². The minimum atomic E-state index is -0.0522. The molecule has 1 aliphatic carbocycles. The van der Waals surface area contributed by atoms with Crippen LogP contribution in [0.25, 0.3) is 0 Å². The molecule has 0 spiro atoms. The molecule has 1 heterocycles. The van der Waals surface area contributed by atoms with E-state index in [1.165, 1.54) is 19.3 Å². The normalized spacial score (nSPS) is 17.2. The van der Waals surface area contributed by atoms with Crippen LogP contribution in [-0.2, 0) is 5.41 Å². The Morgan fingerprint density at radius 2 is 1.81 bits per heavy atom. The van der Waals surface area contributed by atoms with E-state index >= 15 is 0 Å². The molecular formula is C16H28N4S. The lowest BCUT2D eigenvalue weighted by atomic mass is 9.84. The molecule has 1 aromatic rings. The summed E-state index contributed by atoms with van der Waals surface area (Å²) in [6, 6.07) is 0. The average molecular weight is 308 g/mol. The van der Waals surface area contributed by atoms with Gasteiger partial charge in [-0.3, -0.25) is 0 Å². The van der Waals surface area contributed by atoms with E-state index in [1.807, 2.05) is 18.8 Å². The Labute approximate surface area is 132 Å². The van der Waals surface area contributed by atoms with Gasteiger partial charge in [0, 0.05) is 29.3 Å². The van der Waals surface area contributed by atoms with Crippen LogP contribution in [0.4, 0.5) is 11.6 Å². The van der Waals surface area contributed by atoms with Crippen molar-refractivity contribution in [2.24, 2.45) is 0 Å². The van der Waals surface area contributed by atoms with Crippen molar-refractivity contribution in [3.63, 3.8) is 0 Å². The highest BCUT2D eigenvalue weighted by molar-refractivity contribution is 8.00. The van der Waals surface area contributed by atoms with Crippen LogP contribution in [0.1, 0.15) is 51.4 Å². The molecule has 2 N–H and O–H groups in total. The van der Waals surface area contributed by atoms with E-state index in [0.717, 1.165) is 29.6 Å². The van der Waals surface area contributed by atoms with Gasteiger partial charge in [-0.2, -0.15) is 11.8 Å². The molecule has 0 radical (unpaired) electrons. The molecule has 1 aromatic heterocycles. The summed E-state index contributed by atoms with van der Waals surface area (Å²) in [6.45, 7) is 9.51. The molecular weight excluding hydrogens is 280 g/mol. The summed E-state index contributed by atoms with van der Waals surface area (Å²) in [4.78, 5) is 9.43. The van der Waals surface area contributed by atoms with Gasteiger partial charge in [0.1, 0.15) is 17.5 Å². The Bertz CT molecular complexity index is 498. The molecule has 0 saturated heterocycles. The number of thioether (sulfide) groups is 1. The number of hydrogen-bond donors (Lipinski definition) is 2. The summed E-state index contributed by atoms with van der Waals surface area (Å²) in [7, 11) is 1.92. The van der Waals surface area contributed by atoms with Crippen LogP contribution < -0.4 is 10.6 Å². The summed E-state index contributed by atoms with van der Waals surface area (Å²) < 4.78 is 0.402. The van der Waals surface area contributed by atoms with Gasteiger partial charge < -0.3 is 10.6 Å². The zero-order valence-electron chi connectivity index (χ0n) is 14.1. The first-order valence-electron chi connectivity index (χ1n) is 7.67. The van der Waals surface area contributed by atoms with Crippen molar-refractivity contribution in [1.29, 1.82) is 0 Å². The third-order valence-electron chi connectivity index (χ3n) is 4.33. The summed E-state index contributed by atoms with van der Waals surface area (Å²) in [5, 5.41) is 6.77. The molecule has 1 aliphatic rings. The molecule has 0 aliphatic heterocycles. The van der Waals surface area contributed by atoms with Crippen molar-refractivity contribution < 1.29 is 0 Å². The lowest BCUT2D eigenvalue weighted by Crippen LogP contribution is -2.40. The van der Waals surface area contributed by atoms with E-state index in [0.29, 0.717) is 4.75 Å². The maximum atomic E-state index is 4.78. The average Bonchev–Trinajstić information content (AvgIpc) is 2.38. The number of rotatable bonds is 5. The molecule has 4 nitrogen and oxygen atoms in total. The zero-order chi connectivity index (χ0) is 15.7. The van der Waals surface area contributed by atoms with Gasteiger partial charge in [0.2, 0.25) is 0 Å². The summed E-state index contributed by atoms with van der Waals surface area (Å²) in [5.74, 6) is 2.77. The predicted molar refractivity (Wildman–Crippen MR) is 93.6 cm³/mol. The summed E-state index contributed by atoms with van der Waals surface area (Å²) >= 11 is 1.98. The molecule has 2 rings (SSSR count). The molecule has 118 valence electrons. The fraction of sp³-hybridized carbons (Fsp3) is 0.750. The zero-order valence-corrected chi connectivity index (χ0v) is 14.9. The fourth-order valence-electron chi connectivity index (χ4n) is 2.54. The molecule has 1 saturated carbocycles. The van der Waals surface area contributed by atoms with Gasteiger partial charge >= 0.3 is 0 Å². The van der Waals surface area contributed by atoms with Crippen molar-refractivity contribution in [2.45, 2.75) is 57.1 Å². The largest absolute Gasteiger partial charge is 0.373 e. The minimum Gasteiger partial charge on any atom is -0.373 e. The topological polar surface area (TPSA) is 49.8 Å². The molecule has 0 bridgehead atoms. The first kappa shape index (κ1) is 16.4. The summed E-state index contributed by atoms with van der Waals surface area (Å²) in [5.41, 5.74) is 1.05. The van der Waals surface area contributed by atoms with E-state index in [9.17, 15) is 0 Å². The molecule has 1 fully saturated rings. The number of hydrogen-bond acceptors (Lipinski definition) is 5. The van der Waals surface area contributed by atoms with E-state index in [1.54, 1.807) is 0 Å². The quantitative estimate of drug-likeness (QED) is 0.866. The third-order valence-corrected chi connectivity index (χ3v) is 5.75. The molecule has 5 heteroatoms. The number of aromatic nitrogens is 2. The van der Waals surface area contributed by atoms with Crippen molar-refractivity contribution in [3.8, 4) is 0 Å². The highest BCUT2D eigenvalue weighted by atomic mass is 32.2. The van der Waals surface area contributed by atoms with E-state index in [-0.39, 0.29) is 5.41 Å². The monoisotopic (exact) mass is 308 g/mol. The van der Waals surface area contributed by atoms with Gasteiger partial charge in [0.25, 0.3) is 0 Å². The highest BCUT2D eigenvalue weighted by Crippen LogP contribution is 2.43.